The van der Waals surface area contributed by atoms with Gasteiger partial charge in [0.1, 0.15) is 5.56 Å². The van der Waals surface area contributed by atoms with Crippen LogP contribution in [-0.2, 0) is 0 Å². The topological polar surface area (TPSA) is 75.1 Å². The number of aromatic nitrogens is 2. The van der Waals surface area contributed by atoms with E-state index in [9.17, 15) is 4.79 Å². The lowest BCUT2D eigenvalue weighted by Crippen LogP contribution is -2.11. The minimum atomic E-state index is -0.976. The van der Waals surface area contributed by atoms with Gasteiger partial charge in [0, 0.05) is 6.04 Å². The van der Waals surface area contributed by atoms with Crippen LogP contribution in [0.4, 0.5) is 5.82 Å². The molecule has 1 aromatic rings. The van der Waals surface area contributed by atoms with Crippen molar-refractivity contribution in [2.75, 3.05) is 5.32 Å². The number of aromatic carboxylic acids is 1. The zero-order valence-electron chi connectivity index (χ0n) is 7.77. The van der Waals surface area contributed by atoms with Gasteiger partial charge in [-0.2, -0.15) is 5.10 Å². The lowest BCUT2D eigenvalue weighted by Gasteiger charge is -2.05. The Balaban J connectivity index is 2.19. The van der Waals surface area contributed by atoms with Gasteiger partial charge in [0.2, 0.25) is 0 Å². The van der Waals surface area contributed by atoms with E-state index in [4.69, 9.17) is 5.11 Å². The molecule has 2 N–H and O–H groups in total. The molecule has 0 bridgehead atoms. The van der Waals surface area contributed by atoms with Crippen molar-refractivity contribution in [2.45, 2.75) is 19.4 Å². The maximum absolute atomic E-state index is 10.8. The number of carbonyl (C=O) groups is 1. The van der Waals surface area contributed by atoms with Crippen LogP contribution in [0.5, 0.6) is 0 Å². The number of rotatable bonds is 3. The van der Waals surface area contributed by atoms with Gasteiger partial charge in [0.15, 0.2) is 5.82 Å². The fourth-order valence-electron chi connectivity index (χ4n) is 1.31. The van der Waals surface area contributed by atoms with Gasteiger partial charge < -0.3 is 10.4 Å². The number of hydrogen-bond donors (Lipinski definition) is 2. The van der Waals surface area contributed by atoms with E-state index in [1.54, 1.807) is 0 Å². The van der Waals surface area contributed by atoms with Gasteiger partial charge in [-0.05, 0) is 18.4 Å². The van der Waals surface area contributed by atoms with Gasteiger partial charge in [0.05, 0.1) is 6.20 Å². The molecule has 0 aromatic carbocycles. The lowest BCUT2D eigenvalue weighted by molar-refractivity contribution is 0.0697. The Morgan fingerprint density at radius 2 is 2.43 bits per heavy atom. The SMILES string of the molecule is CC1CC1Nc1nnccc1C(=O)O. The first-order valence-electron chi connectivity index (χ1n) is 4.50. The van der Waals surface area contributed by atoms with E-state index in [0.717, 1.165) is 6.42 Å². The molecule has 74 valence electrons. The van der Waals surface area contributed by atoms with Crippen molar-refractivity contribution in [1.82, 2.24) is 10.2 Å². The normalized spacial score (nSPS) is 24.4. The second kappa shape index (κ2) is 3.25. The van der Waals surface area contributed by atoms with E-state index in [2.05, 4.69) is 22.4 Å². The third-order valence-corrected chi connectivity index (χ3v) is 2.38. The summed E-state index contributed by atoms with van der Waals surface area (Å²) in [4.78, 5) is 10.8. The van der Waals surface area contributed by atoms with Crippen molar-refractivity contribution >= 4 is 11.8 Å². The number of hydrogen-bond acceptors (Lipinski definition) is 4. The molecule has 2 rings (SSSR count). The van der Waals surface area contributed by atoms with Crippen LogP contribution in [0, 0.1) is 5.92 Å². The molecule has 1 heterocycles. The molecule has 1 fully saturated rings. The molecule has 0 aliphatic heterocycles. The van der Waals surface area contributed by atoms with E-state index < -0.39 is 5.97 Å². The Kier molecular flexibility index (Phi) is 2.07. The molecular formula is C9H11N3O2. The summed E-state index contributed by atoms with van der Waals surface area (Å²) in [5, 5.41) is 19.3. The average molecular weight is 193 g/mol. The van der Waals surface area contributed by atoms with E-state index in [1.807, 2.05) is 0 Å². The number of carboxylic acid groups (broad SMARTS) is 1. The van der Waals surface area contributed by atoms with Crippen molar-refractivity contribution < 1.29 is 9.90 Å². The summed E-state index contributed by atoms with van der Waals surface area (Å²) >= 11 is 0. The minimum absolute atomic E-state index is 0.180. The van der Waals surface area contributed by atoms with Crippen LogP contribution in [0.15, 0.2) is 12.3 Å². The number of nitrogens with zero attached hydrogens (tertiary/aromatic N) is 2. The summed E-state index contributed by atoms with van der Waals surface area (Å²) in [6.45, 7) is 2.11. The predicted octanol–water partition coefficient (Wildman–Crippen LogP) is 0.995. The highest BCUT2D eigenvalue weighted by atomic mass is 16.4. The fourth-order valence-corrected chi connectivity index (χ4v) is 1.31. The van der Waals surface area contributed by atoms with Crippen molar-refractivity contribution in [2.24, 2.45) is 5.92 Å². The minimum Gasteiger partial charge on any atom is -0.478 e. The second-order valence-corrected chi connectivity index (χ2v) is 3.56. The Morgan fingerprint density at radius 3 is 3.00 bits per heavy atom. The van der Waals surface area contributed by atoms with Crippen LogP contribution < -0.4 is 5.32 Å². The Hall–Kier alpha value is -1.65. The predicted molar refractivity (Wildman–Crippen MR) is 50.2 cm³/mol. The summed E-state index contributed by atoms with van der Waals surface area (Å²) in [5.41, 5.74) is 0.180. The monoisotopic (exact) mass is 193 g/mol. The number of anilines is 1. The molecule has 2 unspecified atom stereocenters. The highest BCUT2D eigenvalue weighted by Crippen LogP contribution is 2.32. The summed E-state index contributed by atoms with van der Waals surface area (Å²) in [6.07, 6.45) is 2.45. The van der Waals surface area contributed by atoms with Crippen molar-refractivity contribution in [1.29, 1.82) is 0 Å². The Bertz CT molecular complexity index is 367. The maximum atomic E-state index is 10.8. The molecule has 0 radical (unpaired) electrons. The first-order chi connectivity index (χ1) is 6.68. The first-order valence-corrected chi connectivity index (χ1v) is 4.50. The van der Waals surface area contributed by atoms with Crippen LogP contribution in [-0.4, -0.2) is 27.3 Å². The molecule has 14 heavy (non-hydrogen) atoms. The summed E-state index contributed by atoms with van der Waals surface area (Å²) in [5.74, 6) is -0.0105. The molecule has 1 aliphatic rings. The molecule has 1 aromatic heterocycles. The molecule has 0 amide bonds. The van der Waals surface area contributed by atoms with Crippen molar-refractivity contribution in [3.8, 4) is 0 Å². The van der Waals surface area contributed by atoms with E-state index in [1.165, 1.54) is 12.3 Å². The van der Waals surface area contributed by atoms with Crippen LogP contribution >= 0.6 is 0 Å². The van der Waals surface area contributed by atoms with E-state index in [0.29, 0.717) is 17.8 Å². The molecule has 1 aliphatic carbocycles. The molecule has 0 spiro atoms. The average Bonchev–Trinajstić information content (AvgIpc) is 2.82. The molecule has 1 saturated carbocycles. The highest BCUT2D eigenvalue weighted by molar-refractivity contribution is 5.92. The standard InChI is InChI=1S/C9H11N3O2/c1-5-4-7(5)11-8-6(9(13)14)2-3-10-12-8/h2-3,5,7H,4H2,1H3,(H,11,12)(H,13,14). The van der Waals surface area contributed by atoms with Crippen molar-refractivity contribution in [3.05, 3.63) is 17.8 Å². The summed E-state index contributed by atoms with van der Waals surface area (Å²) in [6, 6.07) is 1.80. The zero-order valence-corrected chi connectivity index (χ0v) is 7.77. The molecule has 2 atom stereocenters. The van der Waals surface area contributed by atoms with Gasteiger partial charge in [-0.15, -0.1) is 5.10 Å². The third kappa shape index (κ3) is 1.66. The van der Waals surface area contributed by atoms with Gasteiger partial charge >= 0.3 is 5.97 Å². The molecule has 0 saturated heterocycles. The number of nitrogens with one attached hydrogen (secondary N) is 1. The quantitative estimate of drug-likeness (QED) is 0.748. The van der Waals surface area contributed by atoms with E-state index in [-0.39, 0.29) is 5.56 Å². The van der Waals surface area contributed by atoms with Crippen LogP contribution in [0.2, 0.25) is 0 Å². The second-order valence-electron chi connectivity index (χ2n) is 3.56. The highest BCUT2D eigenvalue weighted by Gasteiger charge is 2.33. The third-order valence-electron chi connectivity index (χ3n) is 2.38. The molecule has 5 heteroatoms. The van der Waals surface area contributed by atoms with Gasteiger partial charge in [-0.3, -0.25) is 0 Å². The lowest BCUT2D eigenvalue weighted by atomic mass is 10.3. The van der Waals surface area contributed by atoms with Gasteiger partial charge in [-0.1, -0.05) is 6.92 Å². The zero-order chi connectivity index (χ0) is 10.1. The number of carboxylic acids is 1. The fraction of sp³-hybridized carbons (Fsp3) is 0.444. The van der Waals surface area contributed by atoms with E-state index >= 15 is 0 Å². The largest absolute Gasteiger partial charge is 0.478 e. The summed E-state index contributed by atoms with van der Waals surface area (Å²) in [7, 11) is 0. The maximum Gasteiger partial charge on any atom is 0.339 e. The molecule has 5 nitrogen and oxygen atoms in total. The van der Waals surface area contributed by atoms with Crippen LogP contribution in [0.3, 0.4) is 0 Å². The summed E-state index contributed by atoms with van der Waals surface area (Å²) < 4.78 is 0. The van der Waals surface area contributed by atoms with Crippen molar-refractivity contribution in [3.63, 3.8) is 0 Å². The Morgan fingerprint density at radius 1 is 1.71 bits per heavy atom. The van der Waals surface area contributed by atoms with Gasteiger partial charge in [-0.25, -0.2) is 4.79 Å². The van der Waals surface area contributed by atoms with Crippen LogP contribution in [0.25, 0.3) is 0 Å². The van der Waals surface area contributed by atoms with Gasteiger partial charge in [0.25, 0.3) is 0 Å². The smallest absolute Gasteiger partial charge is 0.339 e. The molecular weight excluding hydrogens is 182 g/mol. The van der Waals surface area contributed by atoms with Crippen LogP contribution in [0.1, 0.15) is 23.7 Å². The Labute approximate surface area is 81.2 Å². The first kappa shape index (κ1) is 8.93.